The molecule has 0 heterocycles. The lowest BCUT2D eigenvalue weighted by Gasteiger charge is -2.14. The first-order valence-corrected chi connectivity index (χ1v) is 12.1. The van der Waals surface area contributed by atoms with Gasteiger partial charge in [-0.25, -0.2) is 0 Å². The molecule has 0 saturated carbocycles. The lowest BCUT2D eigenvalue weighted by atomic mass is 10.1. The van der Waals surface area contributed by atoms with Gasteiger partial charge in [0.1, 0.15) is 0 Å². The highest BCUT2D eigenvalue weighted by Crippen LogP contribution is 2.36. The summed E-state index contributed by atoms with van der Waals surface area (Å²) in [4.78, 5) is 12.2. The zero-order valence-corrected chi connectivity index (χ0v) is 21.4. The normalized spacial score (nSPS) is 10.8. The van der Waals surface area contributed by atoms with Crippen molar-refractivity contribution in [1.82, 2.24) is 5.32 Å². The third kappa shape index (κ3) is 8.22. The van der Waals surface area contributed by atoms with Crippen LogP contribution in [-0.4, -0.2) is 31.9 Å². The average molecular weight is 575 g/mol. The lowest BCUT2D eigenvalue weighted by molar-refractivity contribution is -0.123. The fourth-order valence-corrected chi connectivity index (χ4v) is 3.96. The largest absolute Gasteiger partial charge is 0.490 e. The number of halogens is 2. The van der Waals surface area contributed by atoms with Crippen molar-refractivity contribution >= 4 is 49.7 Å². The van der Waals surface area contributed by atoms with Crippen LogP contribution in [0.15, 0.2) is 80.8 Å². The second kappa shape index (κ2) is 13.0. The number of benzene rings is 3. The summed E-state index contributed by atoms with van der Waals surface area (Å²) in [6.07, 6.45) is 2.46. The SMILES string of the molecule is CCOc1cc(/C=N/Nc2cccc(Br)c2)cc(Br)c1OCC(=O)NCCc1ccccc1. The minimum absolute atomic E-state index is 0.106. The molecule has 0 aliphatic rings. The smallest absolute Gasteiger partial charge is 0.257 e. The molecule has 33 heavy (non-hydrogen) atoms. The van der Waals surface area contributed by atoms with Crippen molar-refractivity contribution in [3.05, 3.63) is 86.8 Å². The van der Waals surface area contributed by atoms with Crippen LogP contribution in [-0.2, 0) is 11.2 Å². The number of hydrazone groups is 1. The number of amides is 1. The zero-order chi connectivity index (χ0) is 23.5. The van der Waals surface area contributed by atoms with Gasteiger partial charge in [0.25, 0.3) is 5.91 Å². The minimum Gasteiger partial charge on any atom is -0.490 e. The van der Waals surface area contributed by atoms with Gasteiger partial charge in [0.05, 0.1) is 23.0 Å². The van der Waals surface area contributed by atoms with E-state index in [4.69, 9.17) is 9.47 Å². The zero-order valence-electron chi connectivity index (χ0n) is 18.2. The van der Waals surface area contributed by atoms with Crippen molar-refractivity contribution in [3.63, 3.8) is 0 Å². The second-order valence-corrected chi connectivity index (χ2v) is 8.79. The number of carbonyl (C=O) groups is 1. The Kier molecular flexibility index (Phi) is 9.77. The van der Waals surface area contributed by atoms with Crippen molar-refractivity contribution in [1.29, 1.82) is 0 Å². The number of anilines is 1. The highest BCUT2D eigenvalue weighted by molar-refractivity contribution is 9.10. The van der Waals surface area contributed by atoms with Gasteiger partial charge >= 0.3 is 0 Å². The Morgan fingerprint density at radius 1 is 1.03 bits per heavy atom. The molecule has 0 aliphatic heterocycles. The van der Waals surface area contributed by atoms with Crippen molar-refractivity contribution in [2.45, 2.75) is 13.3 Å². The van der Waals surface area contributed by atoms with Gasteiger partial charge < -0.3 is 14.8 Å². The van der Waals surface area contributed by atoms with Gasteiger partial charge in [-0.15, -0.1) is 0 Å². The van der Waals surface area contributed by atoms with E-state index >= 15 is 0 Å². The molecule has 0 unspecified atom stereocenters. The summed E-state index contributed by atoms with van der Waals surface area (Å²) < 4.78 is 13.2. The maximum absolute atomic E-state index is 12.2. The third-order valence-corrected chi connectivity index (χ3v) is 5.57. The van der Waals surface area contributed by atoms with Crippen LogP contribution in [0, 0.1) is 0 Å². The van der Waals surface area contributed by atoms with E-state index < -0.39 is 0 Å². The Labute approximate surface area is 210 Å². The van der Waals surface area contributed by atoms with Crippen molar-refractivity contribution < 1.29 is 14.3 Å². The molecule has 0 bridgehead atoms. The average Bonchev–Trinajstić information content (AvgIpc) is 2.79. The van der Waals surface area contributed by atoms with Crippen molar-refractivity contribution in [3.8, 4) is 11.5 Å². The molecule has 3 aromatic carbocycles. The lowest BCUT2D eigenvalue weighted by Crippen LogP contribution is -2.30. The molecule has 172 valence electrons. The number of rotatable bonds is 11. The Bertz CT molecular complexity index is 1090. The Balaban J connectivity index is 1.58. The third-order valence-electron chi connectivity index (χ3n) is 4.49. The van der Waals surface area contributed by atoms with E-state index in [2.05, 4.69) is 47.7 Å². The van der Waals surface area contributed by atoms with Gasteiger partial charge in [-0.2, -0.15) is 5.10 Å². The predicted molar refractivity (Wildman–Crippen MR) is 139 cm³/mol. The first kappa shape index (κ1) is 24.8. The molecule has 0 saturated heterocycles. The van der Waals surface area contributed by atoms with E-state index in [0.29, 0.717) is 29.1 Å². The van der Waals surface area contributed by atoms with Gasteiger partial charge in [-0.1, -0.05) is 52.3 Å². The fourth-order valence-electron chi connectivity index (χ4n) is 2.98. The summed E-state index contributed by atoms with van der Waals surface area (Å²) in [6, 6.07) is 21.4. The standard InChI is InChI=1S/C25H25Br2N3O3/c1-2-32-23-14-19(16-29-30-21-10-6-9-20(26)15-21)13-22(27)25(23)33-17-24(31)28-12-11-18-7-4-3-5-8-18/h3-10,13-16,30H,2,11-12,17H2,1H3,(H,28,31)/b29-16+. The summed E-state index contributed by atoms with van der Waals surface area (Å²) in [5.41, 5.74) is 5.84. The highest BCUT2D eigenvalue weighted by Gasteiger charge is 2.14. The number of ether oxygens (including phenoxy) is 2. The first-order chi connectivity index (χ1) is 16.0. The molecule has 0 spiro atoms. The topological polar surface area (TPSA) is 71.9 Å². The number of hydrogen-bond donors (Lipinski definition) is 2. The van der Waals surface area contributed by atoms with Crippen LogP contribution in [0.4, 0.5) is 5.69 Å². The van der Waals surface area contributed by atoms with Gasteiger partial charge in [0, 0.05) is 11.0 Å². The van der Waals surface area contributed by atoms with Crippen LogP contribution in [0.1, 0.15) is 18.1 Å². The van der Waals surface area contributed by atoms with E-state index in [1.165, 1.54) is 5.56 Å². The monoisotopic (exact) mass is 573 g/mol. The van der Waals surface area contributed by atoms with Crippen LogP contribution in [0.3, 0.4) is 0 Å². The van der Waals surface area contributed by atoms with E-state index in [0.717, 1.165) is 22.1 Å². The first-order valence-electron chi connectivity index (χ1n) is 10.5. The van der Waals surface area contributed by atoms with Crippen LogP contribution in [0.5, 0.6) is 11.5 Å². The molecule has 0 aromatic heterocycles. The van der Waals surface area contributed by atoms with Gasteiger partial charge in [0.2, 0.25) is 0 Å². The van der Waals surface area contributed by atoms with Gasteiger partial charge in [-0.05, 0) is 70.7 Å². The maximum Gasteiger partial charge on any atom is 0.257 e. The Morgan fingerprint density at radius 2 is 1.85 bits per heavy atom. The summed E-state index contributed by atoms with van der Waals surface area (Å²) in [7, 11) is 0. The Morgan fingerprint density at radius 3 is 2.61 bits per heavy atom. The second-order valence-electron chi connectivity index (χ2n) is 7.02. The molecular weight excluding hydrogens is 550 g/mol. The van der Waals surface area contributed by atoms with Crippen LogP contribution in [0.2, 0.25) is 0 Å². The molecule has 3 rings (SSSR count). The van der Waals surface area contributed by atoms with Gasteiger partial charge in [0.15, 0.2) is 18.1 Å². The van der Waals surface area contributed by atoms with E-state index in [1.54, 1.807) is 6.21 Å². The van der Waals surface area contributed by atoms with Crippen molar-refractivity contribution in [2.75, 3.05) is 25.2 Å². The number of hydrogen-bond acceptors (Lipinski definition) is 5. The highest BCUT2D eigenvalue weighted by atomic mass is 79.9. The van der Waals surface area contributed by atoms with Crippen LogP contribution < -0.4 is 20.2 Å². The molecule has 0 radical (unpaired) electrons. The molecule has 3 aromatic rings. The molecule has 0 atom stereocenters. The number of carbonyl (C=O) groups excluding carboxylic acids is 1. The molecule has 1 amide bonds. The molecular formula is C25H25Br2N3O3. The number of nitrogens with one attached hydrogen (secondary N) is 2. The van der Waals surface area contributed by atoms with Crippen molar-refractivity contribution in [2.24, 2.45) is 5.10 Å². The molecule has 8 heteroatoms. The Hall–Kier alpha value is -2.84. The van der Waals surface area contributed by atoms with E-state index in [9.17, 15) is 4.79 Å². The molecule has 6 nitrogen and oxygen atoms in total. The maximum atomic E-state index is 12.2. The van der Waals surface area contributed by atoms with Crippen LogP contribution >= 0.6 is 31.9 Å². The fraction of sp³-hybridized carbons (Fsp3) is 0.200. The number of nitrogens with zero attached hydrogens (tertiary/aromatic N) is 1. The summed E-state index contributed by atoms with van der Waals surface area (Å²) in [5.74, 6) is 0.823. The molecule has 2 N–H and O–H groups in total. The van der Waals surface area contributed by atoms with Crippen LogP contribution in [0.25, 0.3) is 0 Å². The summed E-state index contributed by atoms with van der Waals surface area (Å²) >= 11 is 6.96. The van der Waals surface area contributed by atoms with E-state index in [1.807, 2.05) is 73.7 Å². The van der Waals surface area contributed by atoms with E-state index in [-0.39, 0.29) is 12.5 Å². The molecule has 0 aliphatic carbocycles. The molecule has 0 fully saturated rings. The summed E-state index contributed by atoms with van der Waals surface area (Å²) in [5, 5.41) is 7.16. The predicted octanol–water partition coefficient (Wildman–Crippen LogP) is 5.79. The quantitative estimate of drug-likeness (QED) is 0.224. The summed E-state index contributed by atoms with van der Waals surface area (Å²) in [6.45, 7) is 2.80. The minimum atomic E-state index is -0.191. The van der Waals surface area contributed by atoms with Gasteiger partial charge in [-0.3, -0.25) is 10.2 Å².